The van der Waals surface area contributed by atoms with Crippen molar-refractivity contribution >= 4 is 10.1 Å². The third-order valence-electron chi connectivity index (χ3n) is 2.46. The SMILES string of the molecule is CCC(C)c1c(F)cc(S(=O)(=O)O)cc1F. The Hall–Kier alpha value is -1.01. The number of rotatable bonds is 3. The normalized spacial score (nSPS) is 13.8. The fourth-order valence-corrected chi connectivity index (χ4v) is 1.89. The van der Waals surface area contributed by atoms with Crippen LogP contribution in [0.1, 0.15) is 31.7 Å². The summed E-state index contributed by atoms with van der Waals surface area (Å²) in [5, 5.41) is 0. The Balaban J connectivity index is 3.40. The first kappa shape index (κ1) is 13.1. The van der Waals surface area contributed by atoms with Gasteiger partial charge in [0.25, 0.3) is 10.1 Å². The van der Waals surface area contributed by atoms with Crippen LogP contribution in [0.2, 0.25) is 0 Å². The molecular weight excluding hydrogens is 238 g/mol. The summed E-state index contributed by atoms with van der Waals surface area (Å²) in [5.41, 5.74) is -0.157. The lowest BCUT2D eigenvalue weighted by Crippen LogP contribution is -2.05. The maximum absolute atomic E-state index is 13.5. The smallest absolute Gasteiger partial charge is 0.282 e. The van der Waals surface area contributed by atoms with Gasteiger partial charge in [0, 0.05) is 5.56 Å². The van der Waals surface area contributed by atoms with Crippen LogP contribution in [0.3, 0.4) is 0 Å². The van der Waals surface area contributed by atoms with E-state index in [-0.39, 0.29) is 11.5 Å². The van der Waals surface area contributed by atoms with Crippen LogP contribution in [0.4, 0.5) is 8.78 Å². The maximum Gasteiger partial charge on any atom is 0.294 e. The summed E-state index contributed by atoms with van der Waals surface area (Å²) in [6, 6.07) is 1.25. The highest BCUT2D eigenvalue weighted by Crippen LogP contribution is 2.27. The predicted octanol–water partition coefficient (Wildman–Crippen LogP) is 2.73. The molecule has 0 saturated carbocycles. The summed E-state index contributed by atoms with van der Waals surface area (Å²) < 4.78 is 57.0. The van der Waals surface area contributed by atoms with Crippen molar-refractivity contribution in [2.45, 2.75) is 31.1 Å². The lowest BCUT2D eigenvalue weighted by molar-refractivity contribution is 0.476. The van der Waals surface area contributed by atoms with E-state index in [1.807, 2.05) is 0 Å². The zero-order valence-corrected chi connectivity index (χ0v) is 9.68. The molecule has 3 nitrogen and oxygen atoms in total. The quantitative estimate of drug-likeness (QED) is 0.839. The fraction of sp³-hybridized carbons (Fsp3) is 0.400. The molecule has 0 fully saturated rings. The third-order valence-corrected chi connectivity index (χ3v) is 3.29. The molecule has 0 spiro atoms. The molecule has 0 saturated heterocycles. The van der Waals surface area contributed by atoms with Crippen LogP contribution in [-0.4, -0.2) is 13.0 Å². The molecule has 90 valence electrons. The van der Waals surface area contributed by atoms with Crippen molar-refractivity contribution in [2.75, 3.05) is 0 Å². The molecule has 1 unspecified atom stereocenters. The van der Waals surface area contributed by atoms with Gasteiger partial charge in [0.1, 0.15) is 11.6 Å². The first-order valence-corrected chi connectivity index (χ1v) is 6.17. The van der Waals surface area contributed by atoms with Crippen LogP contribution in [-0.2, 0) is 10.1 Å². The van der Waals surface area contributed by atoms with E-state index in [0.29, 0.717) is 18.6 Å². The van der Waals surface area contributed by atoms with Crippen LogP contribution in [0.15, 0.2) is 17.0 Å². The van der Waals surface area contributed by atoms with Gasteiger partial charge in [-0.25, -0.2) is 8.78 Å². The highest BCUT2D eigenvalue weighted by molar-refractivity contribution is 7.85. The van der Waals surface area contributed by atoms with Crippen molar-refractivity contribution < 1.29 is 21.8 Å². The van der Waals surface area contributed by atoms with Crippen molar-refractivity contribution in [1.82, 2.24) is 0 Å². The molecule has 1 atom stereocenters. The number of hydrogen-bond acceptors (Lipinski definition) is 2. The second-order valence-corrected chi connectivity index (χ2v) is 5.01. The van der Waals surface area contributed by atoms with Gasteiger partial charge in [-0.3, -0.25) is 4.55 Å². The minimum absolute atomic E-state index is 0.157. The molecular formula is C10H12F2O3S. The standard InChI is InChI=1S/C10H12F2O3S/c1-3-6(2)10-8(11)4-7(5-9(10)12)16(13,14)15/h4-6H,3H2,1-2H3,(H,13,14,15). The summed E-state index contributed by atoms with van der Waals surface area (Å²) in [5.74, 6) is -2.26. The molecule has 0 radical (unpaired) electrons. The molecule has 0 aromatic heterocycles. The Morgan fingerprint density at radius 1 is 1.31 bits per heavy atom. The lowest BCUT2D eigenvalue weighted by atomic mass is 9.97. The van der Waals surface area contributed by atoms with Crippen LogP contribution in [0, 0.1) is 11.6 Å². The van der Waals surface area contributed by atoms with E-state index < -0.39 is 26.6 Å². The molecule has 1 aromatic rings. The van der Waals surface area contributed by atoms with Crippen LogP contribution >= 0.6 is 0 Å². The van der Waals surface area contributed by atoms with Gasteiger partial charge in [0.15, 0.2) is 0 Å². The molecule has 1 aromatic carbocycles. The average Bonchev–Trinajstić information content (AvgIpc) is 2.14. The maximum atomic E-state index is 13.5. The van der Waals surface area contributed by atoms with Crippen molar-refractivity contribution in [3.05, 3.63) is 29.3 Å². The van der Waals surface area contributed by atoms with Gasteiger partial charge in [-0.05, 0) is 24.5 Å². The van der Waals surface area contributed by atoms with Crippen LogP contribution in [0.25, 0.3) is 0 Å². The van der Waals surface area contributed by atoms with Crippen molar-refractivity contribution in [1.29, 1.82) is 0 Å². The predicted molar refractivity (Wildman–Crippen MR) is 54.9 cm³/mol. The van der Waals surface area contributed by atoms with Crippen molar-refractivity contribution in [3.63, 3.8) is 0 Å². The minimum Gasteiger partial charge on any atom is -0.282 e. The van der Waals surface area contributed by atoms with Gasteiger partial charge in [-0.15, -0.1) is 0 Å². The first-order valence-electron chi connectivity index (χ1n) is 4.73. The summed E-state index contributed by atoms with van der Waals surface area (Å²) in [7, 11) is -4.58. The van der Waals surface area contributed by atoms with E-state index in [2.05, 4.69) is 0 Å². The molecule has 0 bridgehead atoms. The monoisotopic (exact) mass is 250 g/mol. The second-order valence-electron chi connectivity index (χ2n) is 3.58. The molecule has 0 amide bonds. The highest BCUT2D eigenvalue weighted by Gasteiger charge is 2.20. The van der Waals surface area contributed by atoms with E-state index in [9.17, 15) is 17.2 Å². The number of halogens is 2. The van der Waals surface area contributed by atoms with Gasteiger partial charge in [0.2, 0.25) is 0 Å². The highest BCUT2D eigenvalue weighted by atomic mass is 32.2. The largest absolute Gasteiger partial charge is 0.294 e. The van der Waals surface area contributed by atoms with E-state index in [1.165, 1.54) is 0 Å². The Labute approximate surface area is 92.9 Å². The van der Waals surface area contributed by atoms with E-state index >= 15 is 0 Å². The molecule has 1 rings (SSSR count). The fourth-order valence-electron chi connectivity index (χ4n) is 1.38. The lowest BCUT2D eigenvalue weighted by Gasteiger charge is -2.12. The second kappa shape index (κ2) is 4.47. The minimum atomic E-state index is -4.58. The summed E-state index contributed by atoms with van der Waals surface area (Å²) in [6.07, 6.45) is 0.527. The van der Waals surface area contributed by atoms with E-state index in [1.54, 1.807) is 13.8 Å². The molecule has 0 aliphatic heterocycles. The van der Waals surface area contributed by atoms with Crippen LogP contribution < -0.4 is 0 Å². The van der Waals surface area contributed by atoms with Gasteiger partial charge < -0.3 is 0 Å². The number of benzene rings is 1. The van der Waals surface area contributed by atoms with Crippen molar-refractivity contribution in [3.8, 4) is 0 Å². The van der Waals surface area contributed by atoms with Gasteiger partial charge in [0.05, 0.1) is 4.90 Å². The Bertz CT molecular complexity index is 474. The Morgan fingerprint density at radius 3 is 2.06 bits per heavy atom. The summed E-state index contributed by atoms with van der Waals surface area (Å²) in [6.45, 7) is 3.40. The summed E-state index contributed by atoms with van der Waals surface area (Å²) >= 11 is 0. The molecule has 6 heteroatoms. The third kappa shape index (κ3) is 2.56. The molecule has 0 aliphatic rings. The van der Waals surface area contributed by atoms with Gasteiger partial charge in [-0.1, -0.05) is 13.8 Å². The Kier molecular flexibility index (Phi) is 3.64. The van der Waals surface area contributed by atoms with Crippen LogP contribution in [0.5, 0.6) is 0 Å². The van der Waals surface area contributed by atoms with Crippen molar-refractivity contribution in [2.24, 2.45) is 0 Å². The van der Waals surface area contributed by atoms with Gasteiger partial charge >= 0.3 is 0 Å². The Morgan fingerprint density at radius 2 is 1.75 bits per heavy atom. The topological polar surface area (TPSA) is 54.4 Å². The number of hydrogen-bond donors (Lipinski definition) is 1. The van der Waals surface area contributed by atoms with E-state index in [0.717, 1.165) is 0 Å². The average molecular weight is 250 g/mol. The summed E-state index contributed by atoms with van der Waals surface area (Å²) in [4.78, 5) is -0.769. The molecule has 0 heterocycles. The molecule has 1 N–H and O–H groups in total. The molecule has 0 aliphatic carbocycles. The zero-order valence-electron chi connectivity index (χ0n) is 8.87. The van der Waals surface area contributed by atoms with E-state index in [4.69, 9.17) is 4.55 Å². The van der Waals surface area contributed by atoms with Gasteiger partial charge in [-0.2, -0.15) is 8.42 Å². The molecule has 16 heavy (non-hydrogen) atoms. The first-order chi connectivity index (χ1) is 7.27. The zero-order chi connectivity index (χ0) is 12.5.